The molecule has 1 saturated carbocycles. The van der Waals surface area contributed by atoms with Gasteiger partial charge in [-0.2, -0.15) is 0 Å². The smallest absolute Gasteiger partial charge is 0.180 e. The molecule has 3 heteroatoms. The van der Waals surface area contributed by atoms with Crippen molar-refractivity contribution < 1.29 is 4.79 Å². The number of alkyl halides is 2. The highest BCUT2D eigenvalue weighted by Gasteiger charge is 2.72. The van der Waals surface area contributed by atoms with Gasteiger partial charge in [0, 0.05) is 11.3 Å². The van der Waals surface area contributed by atoms with E-state index in [0.29, 0.717) is 5.92 Å². The minimum absolute atomic E-state index is 0.0363. The summed E-state index contributed by atoms with van der Waals surface area (Å²) in [5.41, 5.74) is 0.716. The van der Waals surface area contributed by atoms with Gasteiger partial charge in [-0.25, -0.2) is 0 Å². The van der Waals surface area contributed by atoms with Gasteiger partial charge in [0.25, 0.3) is 0 Å². The summed E-state index contributed by atoms with van der Waals surface area (Å²) in [6, 6.07) is 0. The molecule has 106 valence electrons. The van der Waals surface area contributed by atoms with Crippen molar-refractivity contribution in [2.24, 2.45) is 16.7 Å². The molecule has 0 saturated heterocycles. The van der Waals surface area contributed by atoms with Crippen molar-refractivity contribution in [3.05, 3.63) is 23.8 Å². The Kier molecular flexibility index (Phi) is 3.69. The van der Waals surface area contributed by atoms with Crippen molar-refractivity contribution >= 4 is 29.0 Å². The standard InChI is InChI=1S/C16H22Cl2O/c1-11-6-5-8-15(4)13(16(15,17)18)10-14(2,3)9-7-12(11)19/h6-7,9,13H,5,8,10H2,1-4H3/b9-7-,11-6-. The van der Waals surface area contributed by atoms with Gasteiger partial charge >= 0.3 is 0 Å². The number of hydrogen-bond donors (Lipinski definition) is 0. The SMILES string of the molecule is C/C1=C/CCC2(C)C(CC(C)(C)/C=C\C1=O)C2(Cl)Cl. The zero-order valence-electron chi connectivity index (χ0n) is 12.1. The first-order valence-corrected chi connectivity index (χ1v) is 7.64. The number of allylic oxidation sites excluding steroid dienone is 4. The van der Waals surface area contributed by atoms with Gasteiger partial charge in [-0.15, -0.1) is 23.2 Å². The summed E-state index contributed by atoms with van der Waals surface area (Å²) in [4.78, 5) is 11.9. The van der Waals surface area contributed by atoms with E-state index in [2.05, 4.69) is 20.8 Å². The van der Waals surface area contributed by atoms with Crippen molar-refractivity contribution in [3.63, 3.8) is 0 Å². The Balaban J connectivity index is 2.31. The molecular formula is C16H22Cl2O. The fourth-order valence-corrected chi connectivity index (χ4v) is 4.06. The minimum Gasteiger partial charge on any atom is -0.290 e. The van der Waals surface area contributed by atoms with Crippen LogP contribution in [0.1, 0.15) is 47.0 Å². The van der Waals surface area contributed by atoms with E-state index in [9.17, 15) is 4.79 Å². The maximum Gasteiger partial charge on any atom is 0.180 e. The summed E-state index contributed by atoms with van der Waals surface area (Å²) in [5.74, 6) is 0.404. The average molecular weight is 301 g/mol. The van der Waals surface area contributed by atoms with Crippen LogP contribution in [0.15, 0.2) is 23.8 Å². The Labute approximate surface area is 126 Å². The van der Waals surface area contributed by atoms with Crippen LogP contribution in [0, 0.1) is 16.7 Å². The molecule has 0 aromatic heterocycles. The largest absolute Gasteiger partial charge is 0.290 e. The third kappa shape index (κ3) is 2.64. The highest BCUT2D eigenvalue weighted by Crippen LogP contribution is 2.73. The van der Waals surface area contributed by atoms with Crippen LogP contribution in [0.3, 0.4) is 0 Å². The molecule has 0 amide bonds. The van der Waals surface area contributed by atoms with E-state index in [1.165, 1.54) is 0 Å². The predicted molar refractivity (Wildman–Crippen MR) is 81.6 cm³/mol. The number of carbonyl (C=O) groups excluding carboxylic acids is 1. The lowest BCUT2D eigenvalue weighted by atomic mass is 9.84. The van der Waals surface area contributed by atoms with Crippen LogP contribution in [0.5, 0.6) is 0 Å². The van der Waals surface area contributed by atoms with Gasteiger partial charge in [-0.05, 0) is 43.3 Å². The summed E-state index contributed by atoms with van der Waals surface area (Å²) in [7, 11) is 0. The van der Waals surface area contributed by atoms with Crippen LogP contribution in [0.4, 0.5) is 0 Å². The summed E-state index contributed by atoms with van der Waals surface area (Å²) in [5, 5.41) is 0. The molecule has 1 nitrogen and oxygen atoms in total. The van der Waals surface area contributed by atoms with Crippen LogP contribution in [-0.4, -0.2) is 10.1 Å². The number of halogens is 2. The Morgan fingerprint density at radius 3 is 2.53 bits per heavy atom. The first-order valence-electron chi connectivity index (χ1n) is 6.88. The second kappa shape index (κ2) is 4.63. The predicted octanol–water partition coefficient (Wildman–Crippen LogP) is 5.08. The van der Waals surface area contributed by atoms with Crippen molar-refractivity contribution in [1.29, 1.82) is 0 Å². The Morgan fingerprint density at radius 1 is 1.26 bits per heavy atom. The van der Waals surface area contributed by atoms with E-state index in [4.69, 9.17) is 23.2 Å². The third-order valence-corrected chi connectivity index (χ3v) is 6.19. The van der Waals surface area contributed by atoms with E-state index in [-0.39, 0.29) is 16.6 Å². The van der Waals surface area contributed by atoms with Crippen LogP contribution >= 0.6 is 23.2 Å². The molecule has 0 bridgehead atoms. The van der Waals surface area contributed by atoms with Gasteiger partial charge in [-0.1, -0.05) is 32.9 Å². The molecule has 0 aromatic rings. The molecule has 0 aliphatic heterocycles. The van der Waals surface area contributed by atoms with Gasteiger partial charge in [0.05, 0.1) is 0 Å². The highest BCUT2D eigenvalue weighted by atomic mass is 35.5. The molecule has 2 aliphatic carbocycles. The highest BCUT2D eigenvalue weighted by molar-refractivity contribution is 6.51. The molecule has 0 N–H and O–H groups in total. The molecule has 0 radical (unpaired) electrons. The zero-order valence-corrected chi connectivity index (χ0v) is 13.6. The first-order chi connectivity index (χ1) is 8.60. The lowest BCUT2D eigenvalue weighted by Gasteiger charge is -2.21. The van der Waals surface area contributed by atoms with Crippen molar-refractivity contribution in [3.8, 4) is 0 Å². The van der Waals surface area contributed by atoms with E-state index < -0.39 is 4.33 Å². The molecule has 0 heterocycles. The van der Waals surface area contributed by atoms with E-state index in [0.717, 1.165) is 24.8 Å². The Hall–Kier alpha value is -0.270. The topological polar surface area (TPSA) is 17.1 Å². The lowest BCUT2D eigenvalue weighted by molar-refractivity contribution is -0.111. The van der Waals surface area contributed by atoms with E-state index >= 15 is 0 Å². The number of rotatable bonds is 0. The van der Waals surface area contributed by atoms with Gasteiger partial charge < -0.3 is 0 Å². The molecule has 0 aromatic carbocycles. The lowest BCUT2D eigenvalue weighted by Crippen LogP contribution is -2.12. The van der Waals surface area contributed by atoms with Gasteiger partial charge in [0.2, 0.25) is 0 Å². The summed E-state index contributed by atoms with van der Waals surface area (Å²) >= 11 is 13.0. The quantitative estimate of drug-likeness (QED) is 0.570. The maximum absolute atomic E-state index is 11.9. The fraction of sp³-hybridized carbons (Fsp3) is 0.688. The maximum atomic E-state index is 11.9. The van der Waals surface area contributed by atoms with Crippen molar-refractivity contribution in [2.45, 2.75) is 51.3 Å². The first kappa shape index (κ1) is 15.1. The molecule has 1 fully saturated rings. The summed E-state index contributed by atoms with van der Waals surface area (Å²) in [6.07, 6.45) is 8.42. The van der Waals surface area contributed by atoms with E-state index in [1.807, 2.05) is 19.1 Å². The fourth-order valence-electron chi connectivity index (χ4n) is 3.08. The Bertz CT molecular complexity index is 459. The molecule has 2 rings (SSSR count). The average Bonchev–Trinajstić information content (AvgIpc) is 2.70. The van der Waals surface area contributed by atoms with Crippen LogP contribution in [0.2, 0.25) is 0 Å². The minimum atomic E-state index is -0.622. The summed E-state index contributed by atoms with van der Waals surface area (Å²) < 4.78 is -0.622. The molecular weight excluding hydrogens is 279 g/mol. The van der Waals surface area contributed by atoms with Crippen LogP contribution in [0.25, 0.3) is 0 Å². The molecule has 2 atom stereocenters. The Morgan fingerprint density at radius 2 is 1.89 bits per heavy atom. The van der Waals surface area contributed by atoms with Gasteiger partial charge in [-0.3, -0.25) is 4.79 Å². The molecule has 0 spiro atoms. The normalized spacial score (nSPS) is 41.5. The molecule has 2 unspecified atom stereocenters. The number of ketones is 1. The van der Waals surface area contributed by atoms with Gasteiger partial charge in [0.15, 0.2) is 5.78 Å². The number of carbonyl (C=O) groups is 1. The van der Waals surface area contributed by atoms with Crippen LogP contribution < -0.4 is 0 Å². The van der Waals surface area contributed by atoms with Crippen molar-refractivity contribution in [1.82, 2.24) is 0 Å². The van der Waals surface area contributed by atoms with E-state index in [1.54, 1.807) is 6.08 Å². The molecule has 19 heavy (non-hydrogen) atoms. The monoisotopic (exact) mass is 300 g/mol. The zero-order chi connectivity index (χ0) is 14.5. The van der Waals surface area contributed by atoms with Crippen LogP contribution in [-0.2, 0) is 4.79 Å². The van der Waals surface area contributed by atoms with Gasteiger partial charge in [0.1, 0.15) is 4.33 Å². The second-order valence-corrected chi connectivity index (χ2v) is 8.29. The summed E-state index contributed by atoms with van der Waals surface area (Å²) in [6.45, 7) is 8.31. The van der Waals surface area contributed by atoms with Crippen molar-refractivity contribution in [2.75, 3.05) is 0 Å². The second-order valence-electron chi connectivity index (χ2n) is 6.91. The third-order valence-electron chi connectivity index (χ3n) is 4.80. The number of fused-ring (bicyclic) bond motifs is 1. The number of hydrogen-bond acceptors (Lipinski definition) is 1. The molecule has 2 aliphatic rings.